The highest BCUT2D eigenvalue weighted by atomic mass is 35.5. The van der Waals surface area contributed by atoms with Crippen LogP contribution in [0.4, 0.5) is 5.69 Å². The number of nitrogens with zero attached hydrogens (tertiary/aromatic N) is 2. The van der Waals surface area contributed by atoms with Crippen LogP contribution in [0.15, 0.2) is 78.6 Å². The topological polar surface area (TPSA) is 104 Å². The van der Waals surface area contributed by atoms with Crippen molar-refractivity contribution in [1.82, 2.24) is 10.3 Å². The third-order valence-electron chi connectivity index (χ3n) is 4.21. The van der Waals surface area contributed by atoms with E-state index in [1.165, 1.54) is 6.08 Å². The van der Waals surface area contributed by atoms with Gasteiger partial charge in [0.15, 0.2) is 6.61 Å². The van der Waals surface area contributed by atoms with Crippen molar-refractivity contribution in [3.05, 3.63) is 94.8 Å². The monoisotopic (exact) mass is 446 g/mol. The summed E-state index contributed by atoms with van der Waals surface area (Å²) in [5.74, 6) is -0.328. The number of nitrogens with one attached hydrogen (secondary N) is 2. The van der Waals surface area contributed by atoms with Gasteiger partial charge in [0.05, 0.1) is 0 Å². The van der Waals surface area contributed by atoms with Gasteiger partial charge in [-0.2, -0.15) is 5.26 Å². The van der Waals surface area contributed by atoms with Gasteiger partial charge < -0.3 is 15.4 Å². The molecule has 0 saturated carbocycles. The van der Waals surface area contributed by atoms with Gasteiger partial charge in [0, 0.05) is 29.6 Å². The molecule has 0 unspecified atom stereocenters. The lowest BCUT2D eigenvalue weighted by Gasteiger charge is -2.08. The van der Waals surface area contributed by atoms with Crippen molar-refractivity contribution in [2.24, 2.45) is 0 Å². The molecule has 1 aromatic heterocycles. The largest absolute Gasteiger partial charge is 0.484 e. The number of aromatic nitrogens is 1. The van der Waals surface area contributed by atoms with Crippen LogP contribution in [0.1, 0.15) is 11.1 Å². The molecule has 2 amide bonds. The van der Waals surface area contributed by atoms with Gasteiger partial charge in [-0.1, -0.05) is 35.9 Å². The zero-order valence-electron chi connectivity index (χ0n) is 16.9. The van der Waals surface area contributed by atoms with Crippen molar-refractivity contribution in [2.45, 2.75) is 6.54 Å². The number of hydrogen-bond donors (Lipinski definition) is 2. The third kappa shape index (κ3) is 6.97. The van der Waals surface area contributed by atoms with Gasteiger partial charge in [0.2, 0.25) is 0 Å². The SMILES string of the molecule is N#C/C(=C\c1ccc(OCC(=O)Nc2cccc(Cl)c2)cc1)C(=O)NCc1cccnc1. The van der Waals surface area contributed by atoms with Crippen molar-refractivity contribution in [3.63, 3.8) is 0 Å². The molecule has 32 heavy (non-hydrogen) atoms. The number of halogens is 1. The lowest BCUT2D eigenvalue weighted by atomic mass is 10.1. The predicted molar refractivity (Wildman–Crippen MR) is 122 cm³/mol. The van der Waals surface area contributed by atoms with E-state index in [4.69, 9.17) is 16.3 Å². The fourth-order valence-electron chi connectivity index (χ4n) is 2.67. The Hall–Kier alpha value is -4.15. The summed E-state index contributed by atoms with van der Waals surface area (Å²) in [5, 5.41) is 15.2. The van der Waals surface area contributed by atoms with Crippen LogP contribution in [0.25, 0.3) is 6.08 Å². The Morgan fingerprint density at radius 2 is 1.94 bits per heavy atom. The normalized spacial score (nSPS) is 10.7. The van der Waals surface area contributed by atoms with Crippen LogP contribution >= 0.6 is 11.6 Å². The second-order valence-electron chi connectivity index (χ2n) is 6.63. The third-order valence-corrected chi connectivity index (χ3v) is 4.45. The summed E-state index contributed by atoms with van der Waals surface area (Å²) in [6.07, 6.45) is 4.77. The summed E-state index contributed by atoms with van der Waals surface area (Å²) >= 11 is 5.89. The van der Waals surface area contributed by atoms with E-state index in [0.29, 0.717) is 22.0 Å². The number of carbonyl (C=O) groups excluding carboxylic acids is 2. The fraction of sp³-hybridized carbons (Fsp3) is 0.0833. The first-order valence-corrected chi connectivity index (χ1v) is 9.98. The molecule has 0 fully saturated rings. The minimum atomic E-state index is -0.477. The zero-order valence-corrected chi connectivity index (χ0v) is 17.7. The lowest BCUT2D eigenvalue weighted by molar-refractivity contribution is -0.118. The van der Waals surface area contributed by atoms with Crippen LogP contribution in [-0.4, -0.2) is 23.4 Å². The number of anilines is 1. The van der Waals surface area contributed by atoms with Crippen molar-refractivity contribution >= 4 is 35.2 Å². The number of hydrogen-bond acceptors (Lipinski definition) is 5. The van der Waals surface area contributed by atoms with Crippen molar-refractivity contribution in [2.75, 3.05) is 11.9 Å². The highest BCUT2D eigenvalue weighted by Gasteiger charge is 2.09. The second-order valence-corrected chi connectivity index (χ2v) is 7.07. The Kier molecular flexibility index (Phi) is 7.96. The molecule has 1 heterocycles. The predicted octanol–water partition coefficient (Wildman–Crippen LogP) is 3.98. The maximum absolute atomic E-state index is 12.3. The first kappa shape index (κ1) is 22.5. The maximum Gasteiger partial charge on any atom is 0.262 e. The van der Waals surface area contributed by atoms with Gasteiger partial charge in [-0.3, -0.25) is 14.6 Å². The molecule has 0 aliphatic rings. The number of rotatable bonds is 8. The Balaban J connectivity index is 1.53. The highest BCUT2D eigenvalue weighted by molar-refractivity contribution is 6.30. The van der Waals surface area contributed by atoms with E-state index >= 15 is 0 Å². The van der Waals surface area contributed by atoms with E-state index in [2.05, 4.69) is 15.6 Å². The Morgan fingerprint density at radius 3 is 2.62 bits per heavy atom. The molecule has 7 nitrogen and oxygen atoms in total. The summed E-state index contributed by atoms with van der Waals surface area (Å²) in [5.41, 5.74) is 2.04. The molecule has 0 atom stereocenters. The second kappa shape index (κ2) is 11.3. The number of pyridine rings is 1. The smallest absolute Gasteiger partial charge is 0.262 e. The average Bonchev–Trinajstić information content (AvgIpc) is 2.81. The summed E-state index contributed by atoms with van der Waals surface area (Å²) in [6.45, 7) is 0.0949. The summed E-state index contributed by atoms with van der Waals surface area (Å²) in [4.78, 5) is 28.3. The number of ether oxygens (including phenoxy) is 1. The standard InChI is InChI=1S/C24H19ClN4O3/c25-20-4-1-5-21(12-20)29-23(30)16-32-22-8-6-17(7-9-22)11-19(13-26)24(31)28-15-18-3-2-10-27-14-18/h1-12,14H,15-16H2,(H,28,31)(H,29,30)/b19-11+. The molecule has 0 saturated heterocycles. The highest BCUT2D eigenvalue weighted by Crippen LogP contribution is 2.16. The Morgan fingerprint density at radius 1 is 1.12 bits per heavy atom. The number of benzene rings is 2. The molecule has 0 spiro atoms. The molecule has 8 heteroatoms. The van der Waals surface area contributed by atoms with Crippen LogP contribution < -0.4 is 15.4 Å². The molecular formula is C24H19ClN4O3. The first-order valence-electron chi connectivity index (χ1n) is 9.60. The first-order chi connectivity index (χ1) is 15.5. The quantitative estimate of drug-likeness (QED) is 0.402. The molecule has 2 N–H and O–H groups in total. The molecule has 3 aromatic rings. The van der Waals surface area contributed by atoms with Gasteiger partial charge in [-0.15, -0.1) is 0 Å². The fourth-order valence-corrected chi connectivity index (χ4v) is 2.86. The van der Waals surface area contributed by atoms with E-state index < -0.39 is 5.91 Å². The molecule has 160 valence electrons. The van der Waals surface area contributed by atoms with Gasteiger partial charge in [0.1, 0.15) is 17.4 Å². The zero-order chi connectivity index (χ0) is 22.8. The molecule has 0 aliphatic heterocycles. The minimum Gasteiger partial charge on any atom is -0.484 e. The number of amides is 2. The molecule has 0 aliphatic carbocycles. The van der Waals surface area contributed by atoms with Gasteiger partial charge in [-0.05, 0) is 53.6 Å². The van der Waals surface area contributed by atoms with Crippen LogP contribution in [-0.2, 0) is 16.1 Å². The van der Waals surface area contributed by atoms with Crippen molar-refractivity contribution in [1.29, 1.82) is 5.26 Å². The lowest BCUT2D eigenvalue weighted by Crippen LogP contribution is -2.24. The maximum atomic E-state index is 12.3. The minimum absolute atomic E-state index is 0.0246. The van der Waals surface area contributed by atoms with E-state index in [1.54, 1.807) is 67.0 Å². The molecule has 0 bridgehead atoms. The molecular weight excluding hydrogens is 428 g/mol. The molecule has 2 aromatic carbocycles. The number of nitriles is 1. The van der Waals surface area contributed by atoms with Crippen LogP contribution in [0.2, 0.25) is 5.02 Å². The van der Waals surface area contributed by atoms with Gasteiger partial charge in [0.25, 0.3) is 11.8 Å². The van der Waals surface area contributed by atoms with E-state index in [0.717, 1.165) is 5.56 Å². The van der Waals surface area contributed by atoms with Crippen LogP contribution in [0, 0.1) is 11.3 Å². The van der Waals surface area contributed by atoms with Crippen molar-refractivity contribution < 1.29 is 14.3 Å². The van der Waals surface area contributed by atoms with Gasteiger partial charge >= 0.3 is 0 Å². The van der Waals surface area contributed by atoms with E-state index in [9.17, 15) is 14.9 Å². The van der Waals surface area contributed by atoms with Crippen molar-refractivity contribution in [3.8, 4) is 11.8 Å². The van der Waals surface area contributed by atoms with Crippen LogP contribution in [0.5, 0.6) is 5.75 Å². The number of carbonyl (C=O) groups is 2. The summed E-state index contributed by atoms with van der Waals surface area (Å²) in [7, 11) is 0. The Labute approximate surface area is 190 Å². The van der Waals surface area contributed by atoms with Crippen LogP contribution in [0.3, 0.4) is 0 Å². The van der Waals surface area contributed by atoms with Gasteiger partial charge in [-0.25, -0.2) is 0 Å². The summed E-state index contributed by atoms with van der Waals surface area (Å²) < 4.78 is 5.48. The molecule has 3 rings (SSSR count). The van der Waals surface area contributed by atoms with E-state index in [1.807, 2.05) is 12.1 Å². The molecule has 0 radical (unpaired) electrons. The average molecular weight is 447 g/mol. The summed E-state index contributed by atoms with van der Waals surface area (Å²) in [6, 6.07) is 19.0. The Bertz CT molecular complexity index is 1160. The van der Waals surface area contributed by atoms with E-state index in [-0.39, 0.29) is 24.6 Å².